The first-order valence-corrected chi connectivity index (χ1v) is 7.53. The molecule has 1 aromatic carbocycles. The van der Waals surface area contributed by atoms with E-state index in [0.29, 0.717) is 35.9 Å². The number of nitrogens with zero attached hydrogens (tertiary/aromatic N) is 1. The lowest BCUT2D eigenvalue weighted by atomic mass is 10.2. The Labute approximate surface area is 134 Å². The van der Waals surface area contributed by atoms with Gasteiger partial charge in [-0.05, 0) is 32.0 Å². The summed E-state index contributed by atoms with van der Waals surface area (Å²) in [5.41, 5.74) is 2.05. The summed E-state index contributed by atoms with van der Waals surface area (Å²) in [6, 6.07) is 9.21. The molecule has 2 N–H and O–H groups in total. The number of benzene rings is 1. The number of furan rings is 1. The number of amides is 2. The highest BCUT2D eigenvalue weighted by molar-refractivity contribution is 6.06. The highest BCUT2D eigenvalue weighted by Gasteiger charge is 2.20. The fraction of sp³-hybridized carbons (Fsp3) is 0.294. The second-order valence-electron chi connectivity index (χ2n) is 5.57. The number of carbonyl (C=O) groups is 2. The van der Waals surface area contributed by atoms with Gasteiger partial charge in [-0.3, -0.25) is 9.59 Å². The molecule has 1 aromatic heterocycles. The number of rotatable bonds is 3. The van der Waals surface area contributed by atoms with Crippen LogP contribution >= 0.6 is 0 Å². The quantitative estimate of drug-likeness (QED) is 0.910. The third-order valence-electron chi connectivity index (χ3n) is 3.82. The Morgan fingerprint density at radius 2 is 2.09 bits per heavy atom. The van der Waals surface area contributed by atoms with Gasteiger partial charge in [-0.25, -0.2) is 0 Å². The van der Waals surface area contributed by atoms with E-state index in [1.165, 1.54) is 0 Å². The van der Waals surface area contributed by atoms with Crippen molar-refractivity contribution in [2.45, 2.75) is 13.8 Å². The molecule has 6 heteroatoms. The van der Waals surface area contributed by atoms with Gasteiger partial charge in [-0.1, -0.05) is 12.1 Å². The highest BCUT2D eigenvalue weighted by Crippen LogP contribution is 2.27. The van der Waals surface area contributed by atoms with E-state index in [4.69, 9.17) is 4.42 Å². The van der Waals surface area contributed by atoms with Crippen molar-refractivity contribution in [1.29, 1.82) is 0 Å². The lowest BCUT2D eigenvalue weighted by Crippen LogP contribution is -2.47. The molecule has 1 aliphatic heterocycles. The molecule has 2 amide bonds. The first-order valence-electron chi connectivity index (χ1n) is 7.53. The Balaban J connectivity index is 1.84. The van der Waals surface area contributed by atoms with E-state index in [-0.39, 0.29) is 18.4 Å². The minimum Gasteiger partial charge on any atom is -0.466 e. The number of anilines is 2. The molecular weight excluding hydrogens is 294 g/mol. The maximum atomic E-state index is 12.5. The van der Waals surface area contributed by atoms with Crippen molar-refractivity contribution in [3.8, 4) is 0 Å². The minimum absolute atomic E-state index is 0.0151. The Hall–Kier alpha value is -2.76. The molecule has 2 heterocycles. The molecule has 2 aromatic rings. The van der Waals surface area contributed by atoms with Crippen LogP contribution in [-0.2, 0) is 4.79 Å². The third kappa shape index (κ3) is 3.21. The van der Waals surface area contributed by atoms with Crippen molar-refractivity contribution in [3.05, 3.63) is 47.4 Å². The van der Waals surface area contributed by atoms with E-state index in [1.54, 1.807) is 13.0 Å². The topological polar surface area (TPSA) is 74.6 Å². The number of hydrogen-bond donors (Lipinski definition) is 2. The number of piperazine rings is 1. The lowest BCUT2D eigenvalue weighted by Gasteiger charge is -2.30. The van der Waals surface area contributed by atoms with E-state index in [9.17, 15) is 9.59 Å². The molecule has 0 aliphatic carbocycles. The van der Waals surface area contributed by atoms with Crippen LogP contribution in [0.1, 0.15) is 21.9 Å². The van der Waals surface area contributed by atoms with Gasteiger partial charge in [0.05, 0.1) is 23.5 Å². The molecule has 3 rings (SSSR count). The van der Waals surface area contributed by atoms with Crippen LogP contribution in [0.15, 0.2) is 34.7 Å². The van der Waals surface area contributed by atoms with Crippen molar-refractivity contribution in [1.82, 2.24) is 5.32 Å². The number of para-hydroxylation sites is 2. The number of nitrogens with one attached hydrogen (secondary N) is 2. The summed E-state index contributed by atoms with van der Waals surface area (Å²) in [5, 5.41) is 5.72. The van der Waals surface area contributed by atoms with Crippen LogP contribution in [0.25, 0.3) is 0 Å². The van der Waals surface area contributed by atoms with Crippen molar-refractivity contribution in [2.75, 3.05) is 29.9 Å². The smallest absolute Gasteiger partial charge is 0.259 e. The molecule has 1 saturated heterocycles. The molecule has 0 bridgehead atoms. The van der Waals surface area contributed by atoms with Crippen LogP contribution in [0.3, 0.4) is 0 Å². The zero-order valence-corrected chi connectivity index (χ0v) is 13.2. The molecule has 0 spiro atoms. The largest absolute Gasteiger partial charge is 0.466 e. The van der Waals surface area contributed by atoms with Crippen LogP contribution in [0, 0.1) is 13.8 Å². The van der Waals surface area contributed by atoms with Crippen LogP contribution in [0.4, 0.5) is 11.4 Å². The molecule has 6 nitrogen and oxygen atoms in total. The summed E-state index contributed by atoms with van der Waals surface area (Å²) in [6.07, 6.45) is 0. The number of aryl methyl sites for hydroxylation is 2. The number of carbonyl (C=O) groups excluding carboxylic acids is 2. The Morgan fingerprint density at radius 1 is 1.30 bits per heavy atom. The normalized spacial score (nSPS) is 14.5. The van der Waals surface area contributed by atoms with E-state index in [1.807, 2.05) is 36.1 Å². The van der Waals surface area contributed by atoms with Crippen molar-refractivity contribution < 1.29 is 14.0 Å². The summed E-state index contributed by atoms with van der Waals surface area (Å²) in [6.45, 7) is 5.17. The maximum Gasteiger partial charge on any atom is 0.259 e. The minimum atomic E-state index is -0.215. The fourth-order valence-corrected chi connectivity index (χ4v) is 2.75. The molecule has 23 heavy (non-hydrogen) atoms. The van der Waals surface area contributed by atoms with Gasteiger partial charge in [0, 0.05) is 13.1 Å². The van der Waals surface area contributed by atoms with E-state index >= 15 is 0 Å². The predicted molar refractivity (Wildman–Crippen MR) is 87.8 cm³/mol. The zero-order chi connectivity index (χ0) is 16.4. The van der Waals surface area contributed by atoms with E-state index in [0.717, 1.165) is 5.69 Å². The van der Waals surface area contributed by atoms with Gasteiger partial charge in [-0.15, -0.1) is 0 Å². The third-order valence-corrected chi connectivity index (χ3v) is 3.82. The molecule has 0 saturated carbocycles. The Bertz CT molecular complexity index is 751. The molecule has 0 atom stereocenters. The molecule has 1 aliphatic rings. The summed E-state index contributed by atoms with van der Waals surface area (Å²) >= 11 is 0. The SMILES string of the molecule is Cc1cc(C(=O)Nc2ccccc2N2CCNC(=O)C2)c(C)o1. The van der Waals surface area contributed by atoms with Gasteiger partial charge in [0.25, 0.3) is 5.91 Å². The van der Waals surface area contributed by atoms with Crippen molar-refractivity contribution in [3.63, 3.8) is 0 Å². The van der Waals surface area contributed by atoms with Crippen molar-refractivity contribution >= 4 is 23.2 Å². The molecule has 0 unspecified atom stereocenters. The monoisotopic (exact) mass is 313 g/mol. The van der Waals surface area contributed by atoms with Gasteiger partial charge in [0.15, 0.2) is 0 Å². The molecule has 120 valence electrons. The lowest BCUT2D eigenvalue weighted by molar-refractivity contribution is -0.120. The zero-order valence-electron chi connectivity index (χ0n) is 13.2. The number of hydrogen-bond acceptors (Lipinski definition) is 4. The summed E-state index contributed by atoms with van der Waals surface area (Å²) in [4.78, 5) is 26.0. The average molecular weight is 313 g/mol. The maximum absolute atomic E-state index is 12.5. The second-order valence-corrected chi connectivity index (χ2v) is 5.57. The van der Waals surface area contributed by atoms with E-state index < -0.39 is 0 Å². The van der Waals surface area contributed by atoms with Crippen LogP contribution in [0.2, 0.25) is 0 Å². The van der Waals surface area contributed by atoms with Gasteiger partial charge < -0.3 is 20.0 Å². The second kappa shape index (κ2) is 6.16. The first kappa shape index (κ1) is 15.1. The van der Waals surface area contributed by atoms with Gasteiger partial charge in [0.1, 0.15) is 11.5 Å². The molecule has 1 fully saturated rings. The molecular formula is C17H19N3O3. The molecule has 0 radical (unpaired) electrons. The fourth-order valence-electron chi connectivity index (χ4n) is 2.75. The summed E-state index contributed by atoms with van der Waals surface area (Å²) in [7, 11) is 0. The van der Waals surface area contributed by atoms with Gasteiger partial charge in [0.2, 0.25) is 5.91 Å². The van der Waals surface area contributed by atoms with Crippen LogP contribution in [-0.4, -0.2) is 31.4 Å². The summed E-state index contributed by atoms with van der Waals surface area (Å²) in [5.74, 6) is 1.07. The highest BCUT2D eigenvalue weighted by atomic mass is 16.3. The van der Waals surface area contributed by atoms with E-state index in [2.05, 4.69) is 10.6 Å². The Morgan fingerprint density at radius 3 is 2.78 bits per heavy atom. The predicted octanol–water partition coefficient (Wildman–Crippen LogP) is 2.08. The van der Waals surface area contributed by atoms with Crippen LogP contribution in [0.5, 0.6) is 0 Å². The van der Waals surface area contributed by atoms with Gasteiger partial charge in [-0.2, -0.15) is 0 Å². The van der Waals surface area contributed by atoms with Crippen molar-refractivity contribution in [2.24, 2.45) is 0 Å². The first-order chi connectivity index (χ1) is 11.0. The average Bonchev–Trinajstić information content (AvgIpc) is 2.86. The van der Waals surface area contributed by atoms with Crippen LogP contribution < -0.4 is 15.5 Å². The standard InChI is InChI=1S/C17H19N3O3/c1-11-9-13(12(2)23-11)17(22)19-14-5-3-4-6-15(14)20-8-7-18-16(21)10-20/h3-6,9H,7-8,10H2,1-2H3,(H,18,21)(H,19,22). The van der Waals surface area contributed by atoms with Gasteiger partial charge >= 0.3 is 0 Å². The Kier molecular flexibility index (Phi) is 4.06. The summed E-state index contributed by atoms with van der Waals surface area (Å²) < 4.78 is 5.41.